The van der Waals surface area contributed by atoms with Gasteiger partial charge < -0.3 is 15.6 Å². The van der Waals surface area contributed by atoms with E-state index in [1.165, 1.54) is 0 Å². The number of aliphatic hydroxyl groups is 1. The summed E-state index contributed by atoms with van der Waals surface area (Å²) in [6.45, 7) is 4.20. The van der Waals surface area contributed by atoms with Crippen LogP contribution in [0.15, 0.2) is 12.1 Å². The first-order valence-corrected chi connectivity index (χ1v) is 5.71. The highest BCUT2D eigenvalue weighted by Crippen LogP contribution is 2.41. The topological polar surface area (TPSA) is 55.5 Å². The van der Waals surface area contributed by atoms with Gasteiger partial charge in [0, 0.05) is 24.1 Å². The van der Waals surface area contributed by atoms with E-state index in [4.69, 9.17) is 22.1 Å². The third kappa shape index (κ3) is 1.90. The minimum atomic E-state index is -0.707. The second kappa shape index (κ2) is 3.91. The summed E-state index contributed by atoms with van der Waals surface area (Å²) in [5, 5.41) is 10.3. The molecule has 0 fully saturated rings. The van der Waals surface area contributed by atoms with E-state index in [0.29, 0.717) is 10.6 Å². The highest BCUT2D eigenvalue weighted by atomic mass is 35.5. The van der Waals surface area contributed by atoms with Crippen molar-refractivity contribution in [3.8, 4) is 5.75 Å². The predicted molar refractivity (Wildman–Crippen MR) is 63.9 cm³/mol. The van der Waals surface area contributed by atoms with Crippen LogP contribution < -0.4 is 10.5 Å². The van der Waals surface area contributed by atoms with Crippen LogP contribution in [-0.2, 0) is 6.42 Å². The standard InChI is InChI=1S/C12H16ClNO2/c1-12(2)5-8-10(16-12)4-3-7(11(8)13)9(15)6-14/h3-4,9,15H,5-6,14H2,1-2H3. The van der Waals surface area contributed by atoms with Gasteiger partial charge in [-0.15, -0.1) is 0 Å². The summed E-state index contributed by atoms with van der Waals surface area (Å²) >= 11 is 6.26. The summed E-state index contributed by atoms with van der Waals surface area (Å²) in [6.07, 6.45) is 0.0493. The summed E-state index contributed by atoms with van der Waals surface area (Å²) < 4.78 is 5.75. The van der Waals surface area contributed by atoms with Gasteiger partial charge in [-0.25, -0.2) is 0 Å². The number of hydrogen-bond donors (Lipinski definition) is 2. The van der Waals surface area contributed by atoms with Gasteiger partial charge in [-0.05, 0) is 19.9 Å². The molecule has 1 heterocycles. The van der Waals surface area contributed by atoms with E-state index in [9.17, 15) is 5.11 Å². The van der Waals surface area contributed by atoms with Crippen LogP contribution in [0.3, 0.4) is 0 Å². The number of nitrogens with two attached hydrogens (primary N) is 1. The van der Waals surface area contributed by atoms with E-state index in [1.54, 1.807) is 6.07 Å². The Morgan fingerprint density at radius 3 is 2.88 bits per heavy atom. The van der Waals surface area contributed by atoms with Crippen LogP contribution in [0.2, 0.25) is 5.02 Å². The van der Waals surface area contributed by atoms with Crippen LogP contribution >= 0.6 is 11.6 Å². The SMILES string of the molecule is CC1(C)Cc2c(ccc(C(O)CN)c2Cl)O1. The first kappa shape index (κ1) is 11.7. The largest absolute Gasteiger partial charge is 0.487 e. The van der Waals surface area contributed by atoms with Gasteiger partial charge in [-0.1, -0.05) is 17.7 Å². The molecular formula is C12H16ClNO2. The molecule has 0 spiro atoms. The van der Waals surface area contributed by atoms with E-state index >= 15 is 0 Å². The van der Waals surface area contributed by atoms with Crippen molar-refractivity contribution in [2.45, 2.75) is 32.0 Å². The zero-order chi connectivity index (χ0) is 11.9. The maximum Gasteiger partial charge on any atom is 0.124 e. The second-order valence-electron chi connectivity index (χ2n) is 4.74. The second-order valence-corrected chi connectivity index (χ2v) is 5.11. The lowest BCUT2D eigenvalue weighted by molar-refractivity contribution is 0.138. The van der Waals surface area contributed by atoms with Gasteiger partial charge in [0.15, 0.2) is 0 Å². The maximum absolute atomic E-state index is 9.72. The Kier molecular flexibility index (Phi) is 2.86. The van der Waals surface area contributed by atoms with E-state index in [2.05, 4.69) is 0 Å². The lowest BCUT2D eigenvalue weighted by Crippen LogP contribution is -2.24. The third-order valence-electron chi connectivity index (χ3n) is 2.80. The minimum absolute atomic E-state index is 0.169. The Hall–Kier alpha value is -0.770. The van der Waals surface area contributed by atoms with Crippen LogP contribution in [0.5, 0.6) is 5.75 Å². The molecule has 0 aliphatic carbocycles. The summed E-state index contributed by atoms with van der Waals surface area (Å²) in [5.41, 5.74) is 6.86. The number of rotatable bonds is 2. The molecule has 1 aliphatic rings. The van der Waals surface area contributed by atoms with Crippen molar-refractivity contribution in [3.63, 3.8) is 0 Å². The lowest BCUT2D eigenvalue weighted by Gasteiger charge is -2.16. The first-order chi connectivity index (χ1) is 7.44. The van der Waals surface area contributed by atoms with Crippen molar-refractivity contribution in [1.82, 2.24) is 0 Å². The quantitative estimate of drug-likeness (QED) is 0.833. The summed E-state index contributed by atoms with van der Waals surface area (Å²) in [5.74, 6) is 0.808. The van der Waals surface area contributed by atoms with Gasteiger partial charge in [-0.3, -0.25) is 0 Å². The molecule has 0 bridgehead atoms. The Bertz CT molecular complexity index is 418. The van der Waals surface area contributed by atoms with E-state index in [1.807, 2.05) is 19.9 Å². The Balaban J connectivity index is 2.44. The van der Waals surface area contributed by atoms with Gasteiger partial charge in [0.2, 0.25) is 0 Å². The average molecular weight is 242 g/mol. The fraction of sp³-hybridized carbons (Fsp3) is 0.500. The van der Waals surface area contributed by atoms with Crippen molar-refractivity contribution in [2.75, 3.05) is 6.54 Å². The highest BCUT2D eigenvalue weighted by Gasteiger charge is 2.32. The first-order valence-electron chi connectivity index (χ1n) is 5.33. The number of ether oxygens (including phenoxy) is 1. The molecule has 0 radical (unpaired) electrons. The van der Waals surface area contributed by atoms with E-state index < -0.39 is 6.10 Å². The van der Waals surface area contributed by atoms with Gasteiger partial charge >= 0.3 is 0 Å². The van der Waals surface area contributed by atoms with Crippen molar-refractivity contribution >= 4 is 11.6 Å². The molecule has 1 unspecified atom stereocenters. The summed E-state index contributed by atoms with van der Waals surface area (Å²) in [7, 11) is 0. The Labute approximate surface area is 100 Å². The van der Waals surface area contributed by atoms with Gasteiger partial charge in [0.1, 0.15) is 11.4 Å². The smallest absolute Gasteiger partial charge is 0.124 e. The molecule has 1 atom stereocenters. The molecule has 16 heavy (non-hydrogen) atoms. The highest BCUT2D eigenvalue weighted by molar-refractivity contribution is 6.32. The van der Waals surface area contributed by atoms with Gasteiger partial charge in [0.25, 0.3) is 0 Å². The normalized spacial score (nSPS) is 19.1. The van der Waals surface area contributed by atoms with Crippen molar-refractivity contribution in [2.24, 2.45) is 5.73 Å². The van der Waals surface area contributed by atoms with Crippen molar-refractivity contribution < 1.29 is 9.84 Å². The molecule has 88 valence electrons. The minimum Gasteiger partial charge on any atom is -0.487 e. The molecule has 3 nitrogen and oxygen atoms in total. The number of halogens is 1. The summed E-state index contributed by atoms with van der Waals surface area (Å²) in [6, 6.07) is 3.63. The van der Waals surface area contributed by atoms with Crippen LogP contribution in [0, 0.1) is 0 Å². The zero-order valence-corrected chi connectivity index (χ0v) is 10.2. The molecule has 0 amide bonds. The van der Waals surface area contributed by atoms with Crippen LogP contribution in [-0.4, -0.2) is 17.3 Å². The molecule has 4 heteroatoms. The molecular weight excluding hydrogens is 226 g/mol. The third-order valence-corrected chi connectivity index (χ3v) is 3.25. The fourth-order valence-corrected chi connectivity index (χ4v) is 2.37. The van der Waals surface area contributed by atoms with Gasteiger partial charge in [-0.2, -0.15) is 0 Å². The summed E-state index contributed by atoms with van der Waals surface area (Å²) in [4.78, 5) is 0. The predicted octanol–water partition coefficient (Wildman–Crippen LogP) is 2.05. The lowest BCUT2D eigenvalue weighted by atomic mass is 9.98. The van der Waals surface area contributed by atoms with Crippen LogP contribution in [0.25, 0.3) is 0 Å². The molecule has 0 saturated carbocycles. The van der Waals surface area contributed by atoms with E-state index in [-0.39, 0.29) is 12.1 Å². The van der Waals surface area contributed by atoms with Crippen molar-refractivity contribution in [1.29, 1.82) is 0 Å². The molecule has 2 rings (SSSR count). The molecule has 1 aromatic carbocycles. The number of fused-ring (bicyclic) bond motifs is 1. The fourth-order valence-electron chi connectivity index (χ4n) is 2.03. The van der Waals surface area contributed by atoms with E-state index in [0.717, 1.165) is 17.7 Å². The zero-order valence-electron chi connectivity index (χ0n) is 9.46. The number of benzene rings is 1. The van der Waals surface area contributed by atoms with Crippen LogP contribution in [0.1, 0.15) is 31.1 Å². The van der Waals surface area contributed by atoms with Crippen LogP contribution in [0.4, 0.5) is 0 Å². The number of hydrogen-bond acceptors (Lipinski definition) is 3. The average Bonchev–Trinajstić information content (AvgIpc) is 2.53. The maximum atomic E-state index is 9.72. The molecule has 1 aliphatic heterocycles. The molecule has 1 aromatic rings. The number of aliphatic hydroxyl groups excluding tert-OH is 1. The van der Waals surface area contributed by atoms with Crippen molar-refractivity contribution in [3.05, 3.63) is 28.3 Å². The Morgan fingerprint density at radius 2 is 2.25 bits per heavy atom. The molecule has 0 saturated heterocycles. The monoisotopic (exact) mass is 241 g/mol. The van der Waals surface area contributed by atoms with Gasteiger partial charge in [0.05, 0.1) is 11.1 Å². The molecule has 0 aromatic heterocycles. The molecule has 3 N–H and O–H groups in total. The Morgan fingerprint density at radius 1 is 1.56 bits per heavy atom.